The van der Waals surface area contributed by atoms with Gasteiger partial charge in [-0.15, -0.1) is 0 Å². The van der Waals surface area contributed by atoms with Gasteiger partial charge in [0.15, 0.2) is 0 Å². The minimum Gasteiger partial charge on any atom is -0.350 e. The lowest BCUT2D eigenvalue weighted by molar-refractivity contribution is -0.140. The molecule has 0 aromatic heterocycles. The molecular weight excluding hydrogens is 617 g/mol. The van der Waals surface area contributed by atoms with E-state index in [1.807, 2.05) is 57.2 Å². The molecule has 0 unspecified atom stereocenters. The van der Waals surface area contributed by atoms with E-state index in [0.29, 0.717) is 15.6 Å². The van der Waals surface area contributed by atoms with E-state index in [4.69, 9.17) is 23.2 Å². The number of rotatable bonds is 11. The molecule has 0 spiro atoms. The molecule has 230 valence electrons. The summed E-state index contributed by atoms with van der Waals surface area (Å²) in [4.78, 5) is 29.8. The molecule has 4 aromatic rings. The first-order valence-corrected chi connectivity index (χ1v) is 16.3. The van der Waals surface area contributed by atoms with Gasteiger partial charge >= 0.3 is 0 Å². The minimum atomic E-state index is -4.19. The monoisotopic (exact) mass is 651 g/mol. The normalized spacial score (nSPS) is 12.3. The van der Waals surface area contributed by atoms with Crippen LogP contribution in [-0.2, 0) is 32.6 Å². The number of amides is 2. The number of sulfonamides is 1. The van der Waals surface area contributed by atoms with E-state index < -0.39 is 34.1 Å². The minimum absolute atomic E-state index is 0.0221. The second kappa shape index (κ2) is 14.3. The third kappa shape index (κ3) is 8.85. The number of hydrogen-bond acceptors (Lipinski definition) is 4. The first-order chi connectivity index (χ1) is 20.8. The Morgan fingerprint density at radius 1 is 0.773 bits per heavy atom. The van der Waals surface area contributed by atoms with Crippen LogP contribution < -0.4 is 9.62 Å². The van der Waals surface area contributed by atoms with Crippen LogP contribution in [0.25, 0.3) is 0 Å². The van der Waals surface area contributed by atoms with Crippen LogP contribution in [0.5, 0.6) is 0 Å². The van der Waals surface area contributed by atoms with Gasteiger partial charge in [0.2, 0.25) is 11.8 Å². The summed E-state index contributed by atoms with van der Waals surface area (Å²) in [6.07, 6.45) is 0.210. The van der Waals surface area contributed by atoms with E-state index in [-0.39, 0.29) is 29.5 Å². The van der Waals surface area contributed by atoms with Gasteiger partial charge in [0.05, 0.1) is 10.6 Å². The quantitative estimate of drug-likeness (QED) is 0.194. The molecule has 4 aromatic carbocycles. The molecule has 0 heterocycles. The molecule has 0 aliphatic carbocycles. The van der Waals surface area contributed by atoms with Crippen LogP contribution in [0.4, 0.5) is 5.69 Å². The molecule has 0 saturated carbocycles. The lowest BCUT2D eigenvalue weighted by Gasteiger charge is -2.35. The number of carbonyl (C=O) groups excluding carboxylic acids is 2. The third-order valence-electron chi connectivity index (χ3n) is 6.74. The zero-order valence-corrected chi connectivity index (χ0v) is 27.1. The van der Waals surface area contributed by atoms with Gasteiger partial charge in [0.1, 0.15) is 12.6 Å². The van der Waals surface area contributed by atoms with Crippen molar-refractivity contribution in [2.24, 2.45) is 0 Å². The molecule has 0 aliphatic heterocycles. The fourth-order valence-electron chi connectivity index (χ4n) is 4.69. The molecule has 10 heteroatoms. The second-order valence-corrected chi connectivity index (χ2v) is 14.1. The summed E-state index contributed by atoms with van der Waals surface area (Å²) in [5, 5.41) is 3.91. The predicted molar refractivity (Wildman–Crippen MR) is 176 cm³/mol. The lowest BCUT2D eigenvalue weighted by atomic mass is 10.0. The average Bonchev–Trinajstić information content (AvgIpc) is 2.98. The SMILES string of the molecule is CC(C)(C)NC(=O)[C@H](Cc1ccccc1)N(Cc1cccc(Cl)c1)C(=O)CN(c1ccc(Cl)cc1)S(=O)(=O)c1ccccc1. The molecule has 7 nitrogen and oxygen atoms in total. The van der Waals surface area contributed by atoms with Crippen molar-refractivity contribution in [2.75, 3.05) is 10.8 Å². The average molecular weight is 653 g/mol. The standard InChI is InChI=1S/C34H35Cl2N3O4S/c1-34(2,3)37-33(41)31(22-25-11-6-4-7-12-25)38(23-26-13-10-14-28(36)21-26)32(40)24-39(29-19-17-27(35)18-20-29)44(42,43)30-15-8-5-9-16-30/h4-21,31H,22-24H2,1-3H3,(H,37,41)/t31-/m0/s1. The molecule has 2 amide bonds. The summed E-state index contributed by atoms with van der Waals surface area (Å²) in [5.41, 5.74) is 1.21. The molecule has 0 aliphatic rings. The largest absolute Gasteiger partial charge is 0.350 e. The van der Waals surface area contributed by atoms with Gasteiger partial charge in [-0.3, -0.25) is 13.9 Å². The molecule has 1 atom stereocenters. The third-order valence-corrected chi connectivity index (χ3v) is 9.01. The maximum absolute atomic E-state index is 14.4. The molecule has 44 heavy (non-hydrogen) atoms. The number of anilines is 1. The van der Waals surface area contributed by atoms with Crippen LogP contribution in [0.3, 0.4) is 0 Å². The summed E-state index contributed by atoms with van der Waals surface area (Å²) < 4.78 is 29.0. The summed E-state index contributed by atoms with van der Waals surface area (Å²) in [6, 6.07) is 29.6. The molecule has 4 rings (SSSR count). The highest BCUT2D eigenvalue weighted by Crippen LogP contribution is 2.26. The van der Waals surface area contributed by atoms with Crippen molar-refractivity contribution in [3.05, 3.63) is 130 Å². The van der Waals surface area contributed by atoms with Crippen molar-refractivity contribution in [2.45, 2.75) is 50.2 Å². The van der Waals surface area contributed by atoms with E-state index in [1.54, 1.807) is 60.7 Å². The van der Waals surface area contributed by atoms with Gasteiger partial charge in [-0.1, -0.05) is 83.9 Å². The highest BCUT2D eigenvalue weighted by atomic mass is 35.5. The number of hydrogen-bond donors (Lipinski definition) is 1. The first kappa shape index (κ1) is 33.1. The van der Waals surface area contributed by atoms with Crippen molar-refractivity contribution < 1.29 is 18.0 Å². The van der Waals surface area contributed by atoms with E-state index in [0.717, 1.165) is 9.87 Å². The maximum Gasteiger partial charge on any atom is 0.264 e. The van der Waals surface area contributed by atoms with E-state index >= 15 is 0 Å². The van der Waals surface area contributed by atoms with Crippen LogP contribution in [0, 0.1) is 0 Å². The van der Waals surface area contributed by atoms with Gasteiger partial charge in [-0.25, -0.2) is 8.42 Å². The summed E-state index contributed by atoms with van der Waals surface area (Å²) in [7, 11) is -4.19. The molecule has 0 fully saturated rings. The predicted octanol–water partition coefficient (Wildman–Crippen LogP) is 6.74. The fourth-order valence-corrected chi connectivity index (χ4v) is 6.47. The second-order valence-electron chi connectivity index (χ2n) is 11.4. The Morgan fingerprint density at radius 2 is 1.36 bits per heavy atom. The van der Waals surface area contributed by atoms with Crippen molar-refractivity contribution >= 4 is 50.7 Å². The van der Waals surface area contributed by atoms with E-state index in [2.05, 4.69) is 5.32 Å². The first-order valence-electron chi connectivity index (χ1n) is 14.1. The van der Waals surface area contributed by atoms with E-state index in [9.17, 15) is 18.0 Å². The molecular formula is C34H35Cl2N3O4S. The Kier molecular flexibility index (Phi) is 10.7. The maximum atomic E-state index is 14.4. The highest BCUT2D eigenvalue weighted by Gasteiger charge is 2.35. The number of benzene rings is 4. The smallest absolute Gasteiger partial charge is 0.264 e. The van der Waals surface area contributed by atoms with Crippen LogP contribution in [0.1, 0.15) is 31.9 Å². The zero-order valence-electron chi connectivity index (χ0n) is 24.8. The fraction of sp³-hybridized carbons (Fsp3) is 0.235. The van der Waals surface area contributed by atoms with Gasteiger partial charge in [-0.05, 0) is 80.4 Å². The summed E-state index contributed by atoms with van der Waals surface area (Å²) in [6.45, 7) is 5.05. The Hall–Kier alpha value is -3.85. The van der Waals surface area contributed by atoms with Crippen LogP contribution in [0.2, 0.25) is 10.0 Å². The molecule has 0 saturated heterocycles. The lowest BCUT2D eigenvalue weighted by Crippen LogP contribution is -2.56. The van der Waals surface area contributed by atoms with Crippen molar-refractivity contribution in [1.82, 2.24) is 10.2 Å². The van der Waals surface area contributed by atoms with Gasteiger partial charge < -0.3 is 10.2 Å². The van der Waals surface area contributed by atoms with Crippen LogP contribution >= 0.6 is 23.2 Å². The van der Waals surface area contributed by atoms with Crippen molar-refractivity contribution in [1.29, 1.82) is 0 Å². The van der Waals surface area contributed by atoms with Crippen LogP contribution in [0.15, 0.2) is 114 Å². The molecule has 1 N–H and O–H groups in total. The van der Waals surface area contributed by atoms with Gasteiger partial charge in [0, 0.05) is 28.5 Å². The highest BCUT2D eigenvalue weighted by molar-refractivity contribution is 7.92. The summed E-state index contributed by atoms with van der Waals surface area (Å²) >= 11 is 12.4. The van der Waals surface area contributed by atoms with E-state index in [1.165, 1.54) is 17.0 Å². The zero-order chi connectivity index (χ0) is 31.9. The number of nitrogens with one attached hydrogen (secondary N) is 1. The number of nitrogens with zero attached hydrogens (tertiary/aromatic N) is 2. The topological polar surface area (TPSA) is 86.8 Å². The molecule has 0 bridgehead atoms. The number of halogens is 2. The van der Waals surface area contributed by atoms with Crippen molar-refractivity contribution in [3.63, 3.8) is 0 Å². The summed E-state index contributed by atoms with van der Waals surface area (Å²) in [5.74, 6) is -0.926. The molecule has 0 radical (unpaired) electrons. The Balaban J connectivity index is 1.81. The van der Waals surface area contributed by atoms with Crippen molar-refractivity contribution in [3.8, 4) is 0 Å². The van der Waals surface area contributed by atoms with Gasteiger partial charge in [0.25, 0.3) is 10.0 Å². The van der Waals surface area contributed by atoms with Gasteiger partial charge in [-0.2, -0.15) is 0 Å². The Morgan fingerprint density at radius 3 is 1.95 bits per heavy atom. The van der Waals surface area contributed by atoms with Crippen LogP contribution in [-0.4, -0.2) is 43.3 Å². The number of carbonyl (C=O) groups is 2. The Bertz CT molecular complexity index is 1680. The Labute approximate surface area is 269 Å².